The van der Waals surface area contributed by atoms with Gasteiger partial charge in [0.1, 0.15) is 24.1 Å². The summed E-state index contributed by atoms with van der Waals surface area (Å²) >= 11 is 17.9. The van der Waals surface area contributed by atoms with Crippen molar-refractivity contribution in [1.82, 2.24) is 19.9 Å². The van der Waals surface area contributed by atoms with E-state index in [2.05, 4.69) is 15.6 Å². The molecular weight excluding hydrogens is 541 g/mol. The number of halogens is 3. The SMILES string of the molecule is CC(C)(C)OC(=O)[C@H](Cc1ccccc1)N(CC(=O)Nc1cc(Cl)ccc1-n1cc(Cl)nn1)C(=O)CCl. The molecule has 1 N–H and O–H groups in total. The summed E-state index contributed by atoms with van der Waals surface area (Å²) in [5, 5.41) is 10.9. The number of amides is 2. The van der Waals surface area contributed by atoms with E-state index in [4.69, 9.17) is 39.5 Å². The highest BCUT2D eigenvalue weighted by Crippen LogP contribution is 2.25. The summed E-state index contributed by atoms with van der Waals surface area (Å²) in [7, 11) is 0. The second-order valence-electron chi connectivity index (χ2n) is 9.09. The maximum atomic E-state index is 13.2. The van der Waals surface area contributed by atoms with Crippen LogP contribution in [0.3, 0.4) is 0 Å². The molecule has 9 nitrogen and oxygen atoms in total. The maximum absolute atomic E-state index is 13.2. The number of ether oxygens (including phenoxy) is 1. The van der Waals surface area contributed by atoms with Crippen molar-refractivity contribution in [2.24, 2.45) is 0 Å². The van der Waals surface area contributed by atoms with Crippen LogP contribution in [0.2, 0.25) is 10.2 Å². The Morgan fingerprint density at radius 3 is 2.41 bits per heavy atom. The smallest absolute Gasteiger partial charge is 0.329 e. The van der Waals surface area contributed by atoms with Gasteiger partial charge in [0.15, 0.2) is 5.15 Å². The fourth-order valence-corrected chi connectivity index (χ4v) is 3.94. The summed E-state index contributed by atoms with van der Waals surface area (Å²) in [5.74, 6) is -2.27. The van der Waals surface area contributed by atoms with Gasteiger partial charge >= 0.3 is 5.97 Å². The third-order valence-electron chi connectivity index (χ3n) is 5.02. The molecule has 0 fully saturated rings. The molecule has 37 heavy (non-hydrogen) atoms. The lowest BCUT2D eigenvalue weighted by atomic mass is 10.0. The van der Waals surface area contributed by atoms with Crippen LogP contribution in [-0.2, 0) is 25.5 Å². The van der Waals surface area contributed by atoms with Gasteiger partial charge in [0.2, 0.25) is 11.8 Å². The normalized spacial score (nSPS) is 12.1. The minimum Gasteiger partial charge on any atom is -0.458 e. The van der Waals surface area contributed by atoms with Crippen LogP contribution < -0.4 is 5.32 Å². The number of hydrogen-bond acceptors (Lipinski definition) is 6. The van der Waals surface area contributed by atoms with Crippen LogP contribution in [0.5, 0.6) is 0 Å². The van der Waals surface area contributed by atoms with Gasteiger partial charge in [-0.1, -0.05) is 58.7 Å². The number of nitrogens with one attached hydrogen (secondary N) is 1. The first-order valence-electron chi connectivity index (χ1n) is 11.3. The highest BCUT2D eigenvalue weighted by atomic mass is 35.5. The van der Waals surface area contributed by atoms with Crippen LogP contribution in [0, 0.1) is 0 Å². The predicted molar refractivity (Wildman–Crippen MR) is 142 cm³/mol. The number of benzene rings is 2. The Bertz CT molecular complexity index is 1260. The molecule has 196 valence electrons. The first-order valence-corrected chi connectivity index (χ1v) is 12.6. The molecule has 3 rings (SSSR count). The van der Waals surface area contributed by atoms with Crippen LogP contribution in [0.4, 0.5) is 5.69 Å². The van der Waals surface area contributed by atoms with Gasteiger partial charge in [-0.3, -0.25) is 9.59 Å². The lowest BCUT2D eigenvalue weighted by Gasteiger charge is -2.32. The quantitative estimate of drug-likeness (QED) is 0.301. The highest BCUT2D eigenvalue weighted by molar-refractivity contribution is 6.31. The van der Waals surface area contributed by atoms with Crippen molar-refractivity contribution in [3.05, 3.63) is 70.5 Å². The molecule has 0 bridgehead atoms. The Morgan fingerprint density at radius 1 is 1.11 bits per heavy atom. The summed E-state index contributed by atoms with van der Waals surface area (Å²) in [5.41, 5.74) is 0.722. The number of carbonyl (C=O) groups is 3. The number of hydrogen-bond donors (Lipinski definition) is 1. The fourth-order valence-electron chi connectivity index (χ4n) is 3.49. The highest BCUT2D eigenvalue weighted by Gasteiger charge is 2.34. The van der Waals surface area contributed by atoms with Crippen LogP contribution in [-0.4, -0.2) is 61.7 Å². The van der Waals surface area contributed by atoms with Crippen LogP contribution in [0.25, 0.3) is 5.69 Å². The molecule has 0 radical (unpaired) electrons. The average molecular weight is 567 g/mol. The topological polar surface area (TPSA) is 106 Å². The first kappa shape index (κ1) is 28.4. The number of aromatic nitrogens is 3. The van der Waals surface area contributed by atoms with Gasteiger partial charge in [-0.15, -0.1) is 16.7 Å². The standard InChI is InChI=1S/C25H26Cl3N5O4/c1-25(2,3)37-24(36)20(11-16-7-5-4-6-8-16)32(23(35)13-26)15-22(34)29-18-12-17(27)9-10-19(18)33-14-21(28)30-31-33/h4-10,12,14,20H,11,13,15H2,1-3H3,(H,29,34)/t20-/m0/s1. The van der Waals surface area contributed by atoms with Gasteiger partial charge in [0.05, 0.1) is 17.6 Å². The first-order chi connectivity index (χ1) is 17.5. The molecule has 0 unspecified atom stereocenters. The second-order valence-corrected chi connectivity index (χ2v) is 10.2. The number of alkyl halides is 1. The number of rotatable bonds is 9. The molecule has 12 heteroatoms. The molecule has 0 aliphatic carbocycles. The molecule has 0 saturated heterocycles. The van der Waals surface area contributed by atoms with Crippen molar-refractivity contribution in [3.8, 4) is 5.69 Å². The van der Waals surface area contributed by atoms with E-state index in [1.165, 1.54) is 16.9 Å². The molecule has 0 aliphatic heterocycles. The largest absolute Gasteiger partial charge is 0.458 e. The summed E-state index contributed by atoms with van der Waals surface area (Å²) in [4.78, 5) is 40.4. The fraction of sp³-hybridized carbons (Fsp3) is 0.320. The molecule has 1 heterocycles. The minimum absolute atomic E-state index is 0.130. The maximum Gasteiger partial charge on any atom is 0.329 e. The van der Waals surface area contributed by atoms with Crippen LogP contribution in [0.15, 0.2) is 54.7 Å². The van der Waals surface area contributed by atoms with Crippen molar-refractivity contribution in [2.75, 3.05) is 17.7 Å². The number of nitrogens with zero attached hydrogens (tertiary/aromatic N) is 4. The zero-order valence-electron chi connectivity index (χ0n) is 20.5. The molecule has 2 aromatic carbocycles. The van der Waals surface area contributed by atoms with Crippen LogP contribution >= 0.6 is 34.8 Å². The number of carbonyl (C=O) groups excluding carboxylic acids is 3. The van der Waals surface area contributed by atoms with E-state index in [0.717, 1.165) is 10.5 Å². The number of anilines is 1. The average Bonchev–Trinajstić information content (AvgIpc) is 3.26. The lowest BCUT2D eigenvalue weighted by molar-refractivity contribution is -0.164. The zero-order valence-corrected chi connectivity index (χ0v) is 22.7. The molecule has 0 saturated carbocycles. The van der Waals surface area contributed by atoms with Gasteiger partial charge < -0.3 is 15.0 Å². The summed E-state index contributed by atoms with van der Waals surface area (Å²) in [6, 6.07) is 12.8. The van der Waals surface area contributed by atoms with Crippen molar-refractivity contribution in [2.45, 2.75) is 38.8 Å². The van der Waals surface area contributed by atoms with Gasteiger partial charge in [0.25, 0.3) is 0 Å². The van der Waals surface area contributed by atoms with Gasteiger partial charge in [-0.25, -0.2) is 9.48 Å². The van der Waals surface area contributed by atoms with E-state index in [-0.39, 0.29) is 11.6 Å². The van der Waals surface area contributed by atoms with Crippen molar-refractivity contribution >= 4 is 58.3 Å². The molecular formula is C25H26Cl3N5O4. The molecule has 2 amide bonds. The Balaban J connectivity index is 1.90. The van der Waals surface area contributed by atoms with E-state index >= 15 is 0 Å². The van der Waals surface area contributed by atoms with E-state index in [0.29, 0.717) is 16.4 Å². The Labute approximate surface area is 229 Å². The minimum atomic E-state index is -1.09. The van der Waals surface area contributed by atoms with Crippen LogP contribution in [0.1, 0.15) is 26.3 Å². The molecule has 1 atom stereocenters. The summed E-state index contributed by atoms with van der Waals surface area (Å²) in [6.07, 6.45) is 1.59. The van der Waals surface area contributed by atoms with Crippen molar-refractivity contribution < 1.29 is 19.1 Å². The van der Waals surface area contributed by atoms with Gasteiger partial charge in [-0.05, 0) is 44.5 Å². The van der Waals surface area contributed by atoms with Crippen molar-refractivity contribution in [1.29, 1.82) is 0 Å². The summed E-state index contributed by atoms with van der Waals surface area (Å²) < 4.78 is 6.96. The number of esters is 1. The second kappa shape index (κ2) is 12.4. The monoisotopic (exact) mass is 565 g/mol. The van der Waals surface area contributed by atoms with Gasteiger partial charge in [-0.2, -0.15) is 0 Å². The molecule has 1 aromatic heterocycles. The Kier molecular flexibility index (Phi) is 9.53. The predicted octanol–water partition coefficient (Wildman–Crippen LogP) is 4.53. The lowest BCUT2D eigenvalue weighted by Crippen LogP contribution is -2.51. The third kappa shape index (κ3) is 8.18. The van der Waals surface area contributed by atoms with Gasteiger partial charge in [0, 0.05) is 11.4 Å². The Morgan fingerprint density at radius 2 is 1.81 bits per heavy atom. The molecule has 0 spiro atoms. The molecule has 0 aliphatic rings. The Hall–Kier alpha value is -3.14. The molecule has 3 aromatic rings. The zero-order chi connectivity index (χ0) is 27.2. The van der Waals surface area contributed by atoms with E-state index in [1.54, 1.807) is 32.9 Å². The van der Waals surface area contributed by atoms with E-state index in [9.17, 15) is 14.4 Å². The summed E-state index contributed by atoms with van der Waals surface area (Å²) in [6.45, 7) is 4.71. The van der Waals surface area contributed by atoms with E-state index < -0.39 is 41.9 Å². The van der Waals surface area contributed by atoms with E-state index in [1.807, 2.05) is 30.3 Å². The third-order valence-corrected chi connectivity index (χ3v) is 5.66. The van der Waals surface area contributed by atoms with Crippen molar-refractivity contribution in [3.63, 3.8) is 0 Å².